The lowest BCUT2D eigenvalue weighted by atomic mass is 9.98. The molecular formula is C23H27ClN4. The number of nitrogens with zero attached hydrogens (tertiary/aromatic N) is 3. The molecule has 28 heavy (non-hydrogen) atoms. The van der Waals surface area contributed by atoms with Crippen LogP contribution in [-0.4, -0.2) is 29.1 Å². The molecule has 4 nitrogen and oxygen atoms in total. The lowest BCUT2D eigenvalue weighted by Gasteiger charge is -2.25. The third-order valence-electron chi connectivity index (χ3n) is 6.04. The molecule has 3 aromatic rings. The first kappa shape index (κ1) is 19.2. The first-order chi connectivity index (χ1) is 13.3. The molecular weight excluding hydrogens is 368 g/mol. The summed E-state index contributed by atoms with van der Waals surface area (Å²) >= 11 is 0. The van der Waals surface area contributed by atoms with E-state index in [1.807, 2.05) is 12.4 Å². The van der Waals surface area contributed by atoms with E-state index in [2.05, 4.69) is 40.2 Å². The fourth-order valence-corrected chi connectivity index (χ4v) is 4.65. The van der Waals surface area contributed by atoms with Gasteiger partial charge in [0.1, 0.15) is 0 Å². The zero-order valence-corrected chi connectivity index (χ0v) is 16.9. The molecule has 1 saturated heterocycles. The van der Waals surface area contributed by atoms with Crippen molar-refractivity contribution in [2.75, 3.05) is 18.0 Å². The Kier molecular flexibility index (Phi) is 5.51. The first-order valence-electron chi connectivity index (χ1n) is 10.2. The molecule has 5 heteroatoms. The summed E-state index contributed by atoms with van der Waals surface area (Å²) in [5.74, 6) is 0. The van der Waals surface area contributed by atoms with E-state index in [-0.39, 0.29) is 18.4 Å². The summed E-state index contributed by atoms with van der Waals surface area (Å²) in [5, 5.41) is 1.28. The fraction of sp³-hybridized carbons (Fsp3) is 0.391. The normalized spacial score (nSPS) is 19.2. The number of hydrogen-bond donors (Lipinski definition) is 1. The second-order valence-electron chi connectivity index (χ2n) is 7.91. The van der Waals surface area contributed by atoms with Gasteiger partial charge in [0.05, 0.1) is 11.2 Å². The molecule has 1 fully saturated rings. The van der Waals surface area contributed by atoms with E-state index in [9.17, 15) is 0 Å². The van der Waals surface area contributed by atoms with Crippen molar-refractivity contribution < 1.29 is 0 Å². The van der Waals surface area contributed by atoms with Gasteiger partial charge in [-0.05, 0) is 73.1 Å². The van der Waals surface area contributed by atoms with Crippen LogP contribution in [0.4, 0.5) is 5.69 Å². The Morgan fingerprint density at radius 2 is 1.79 bits per heavy atom. The van der Waals surface area contributed by atoms with Crippen LogP contribution >= 0.6 is 12.4 Å². The molecule has 5 rings (SSSR count). The maximum atomic E-state index is 6.27. The molecule has 146 valence electrons. The minimum absolute atomic E-state index is 0. The number of fused-ring (bicyclic) bond motifs is 2. The van der Waals surface area contributed by atoms with E-state index in [0.717, 1.165) is 37.9 Å². The summed E-state index contributed by atoms with van der Waals surface area (Å²) in [5.41, 5.74) is 14.0. The summed E-state index contributed by atoms with van der Waals surface area (Å²) in [4.78, 5) is 11.8. The highest BCUT2D eigenvalue weighted by Crippen LogP contribution is 2.38. The van der Waals surface area contributed by atoms with Gasteiger partial charge in [0.25, 0.3) is 0 Å². The molecule has 0 spiro atoms. The number of halogens is 1. The van der Waals surface area contributed by atoms with Crippen molar-refractivity contribution in [2.24, 2.45) is 5.73 Å². The topological polar surface area (TPSA) is 55.0 Å². The van der Waals surface area contributed by atoms with E-state index >= 15 is 0 Å². The summed E-state index contributed by atoms with van der Waals surface area (Å²) in [6, 6.07) is 11.1. The van der Waals surface area contributed by atoms with E-state index < -0.39 is 0 Å². The fourth-order valence-electron chi connectivity index (χ4n) is 4.65. The standard InChI is InChI=1S/C23H26N4.ClH/c24-18-10-13-27(15-18)23-19-4-2-1-3-5-21(19)26-22-7-6-17(14-20(22)23)16-8-11-25-12-9-16;/h6-9,11-12,14,18H,1-5,10,13,15,24H2;1H/t18-;/m0./s1. The van der Waals surface area contributed by atoms with Gasteiger partial charge >= 0.3 is 0 Å². The number of aryl methyl sites for hydroxylation is 1. The molecule has 1 aliphatic heterocycles. The molecule has 3 heterocycles. The molecule has 2 aliphatic rings. The van der Waals surface area contributed by atoms with Gasteiger partial charge in [-0.1, -0.05) is 12.5 Å². The van der Waals surface area contributed by atoms with Crippen LogP contribution in [-0.2, 0) is 12.8 Å². The van der Waals surface area contributed by atoms with Crippen LogP contribution in [0, 0.1) is 0 Å². The lowest BCUT2D eigenvalue weighted by molar-refractivity contribution is 0.708. The van der Waals surface area contributed by atoms with Crippen LogP contribution in [0.3, 0.4) is 0 Å². The van der Waals surface area contributed by atoms with Crippen molar-refractivity contribution >= 4 is 29.0 Å². The highest BCUT2D eigenvalue weighted by Gasteiger charge is 2.26. The van der Waals surface area contributed by atoms with Crippen LogP contribution in [0.15, 0.2) is 42.7 Å². The molecule has 2 N–H and O–H groups in total. The molecule has 1 aliphatic carbocycles. The molecule has 0 radical (unpaired) electrons. The van der Waals surface area contributed by atoms with Gasteiger partial charge < -0.3 is 10.6 Å². The predicted octanol–water partition coefficient (Wildman–Crippen LogP) is 4.52. The highest BCUT2D eigenvalue weighted by molar-refractivity contribution is 5.97. The molecule has 0 bridgehead atoms. The van der Waals surface area contributed by atoms with Crippen LogP contribution in [0.5, 0.6) is 0 Å². The molecule has 0 unspecified atom stereocenters. The number of nitrogens with two attached hydrogens (primary N) is 1. The van der Waals surface area contributed by atoms with Gasteiger partial charge in [-0.3, -0.25) is 9.97 Å². The van der Waals surface area contributed by atoms with E-state index in [1.165, 1.54) is 52.7 Å². The van der Waals surface area contributed by atoms with E-state index in [4.69, 9.17) is 10.7 Å². The zero-order chi connectivity index (χ0) is 18.2. The summed E-state index contributed by atoms with van der Waals surface area (Å²) < 4.78 is 0. The Balaban J connectivity index is 0.00000192. The molecule has 0 amide bonds. The third kappa shape index (κ3) is 3.47. The Labute approximate surface area is 172 Å². The molecule has 2 aromatic heterocycles. The van der Waals surface area contributed by atoms with Crippen molar-refractivity contribution in [3.8, 4) is 11.1 Å². The lowest BCUT2D eigenvalue weighted by Crippen LogP contribution is -2.27. The van der Waals surface area contributed by atoms with Gasteiger partial charge in [0.2, 0.25) is 0 Å². The van der Waals surface area contributed by atoms with Gasteiger partial charge in [-0.2, -0.15) is 0 Å². The Hall–Kier alpha value is -2.17. The van der Waals surface area contributed by atoms with Gasteiger partial charge in [0.15, 0.2) is 0 Å². The van der Waals surface area contributed by atoms with Crippen LogP contribution in [0.25, 0.3) is 22.0 Å². The first-order valence-corrected chi connectivity index (χ1v) is 10.2. The summed E-state index contributed by atoms with van der Waals surface area (Å²) in [6.07, 6.45) is 10.8. The van der Waals surface area contributed by atoms with Gasteiger partial charge in [0, 0.05) is 42.6 Å². The third-order valence-corrected chi connectivity index (χ3v) is 6.04. The predicted molar refractivity (Wildman–Crippen MR) is 118 cm³/mol. The SMILES string of the molecule is Cl.N[C@H]1CCN(c2c3c(nc4ccc(-c5ccncc5)cc24)CCCCC3)C1. The average molecular weight is 395 g/mol. The number of pyridine rings is 2. The minimum atomic E-state index is 0. The number of hydrogen-bond acceptors (Lipinski definition) is 4. The quantitative estimate of drug-likeness (QED) is 0.649. The number of rotatable bonds is 2. The minimum Gasteiger partial charge on any atom is -0.369 e. The monoisotopic (exact) mass is 394 g/mol. The Bertz CT molecular complexity index is 973. The van der Waals surface area contributed by atoms with Crippen LogP contribution < -0.4 is 10.6 Å². The van der Waals surface area contributed by atoms with E-state index in [0.29, 0.717) is 0 Å². The van der Waals surface area contributed by atoms with E-state index in [1.54, 1.807) is 0 Å². The number of anilines is 1. The van der Waals surface area contributed by atoms with Crippen molar-refractivity contribution in [3.05, 3.63) is 54.0 Å². The molecule has 1 aromatic carbocycles. The smallest absolute Gasteiger partial charge is 0.0726 e. The molecule has 0 saturated carbocycles. The highest BCUT2D eigenvalue weighted by atomic mass is 35.5. The van der Waals surface area contributed by atoms with Crippen molar-refractivity contribution in [2.45, 2.75) is 44.6 Å². The van der Waals surface area contributed by atoms with Crippen LogP contribution in [0.2, 0.25) is 0 Å². The largest absolute Gasteiger partial charge is 0.369 e. The van der Waals surface area contributed by atoms with Crippen molar-refractivity contribution in [3.63, 3.8) is 0 Å². The van der Waals surface area contributed by atoms with Gasteiger partial charge in [-0.15, -0.1) is 12.4 Å². The maximum absolute atomic E-state index is 6.27. The average Bonchev–Trinajstić information content (AvgIpc) is 2.99. The summed E-state index contributed by atoms with van der Waals surface area (Å²) in [6.45, 7) is 2.00. The number of benzene rings is 1. The van der Waals surface area contributed by atoms with Crippen molar-refractivity contribution in [1.29, 1.82) is 0 Å². The number of aromatic nitrogens is 2. The maximum Gasteiger partial charge on any atom is 0.0726 e. The summed E-state index contributed by atoms with van der Waals surface area (Å²) in [7, 11) is 0. The van der Waals surface area contributed by atoms with Crippen LogP contribution in [0.1, 0.15) is 36.9 Å². The Morgan fingerprint density at radius 3 is 2.57 bits per heavy atom. The second-order valence-corrected chi connectivity index (χ2v) is 7.91. The Morgan fingerprint density at radius 1 is 0.964 bits per heavy atom. The zero-order valence-electron chi connectivity index (χ0n) is 16.1. The molecule has 1 atom stereocenters. The van der Waals surface area contributed by atoms with Crippen molar-refractivity contribution in [1.82, 2.24) is 9.97 Å². The van der Waals surface area contributed by atoms with Gasteiger partial charge in [-0.25, -0.2) is 0 Å². The second kappa shape index (κ2) is 8.06.